The molecule has 2 aromatic rings. The Hall–Kier alpha value is -1.61. The first-order valence-electron chi connectivity index (χ1n) is 6.21. The Kier molecular flexibility index (Phi) is 2.69. The highest BCUT2D eigenvalue weighted by atomic mass is 15.1. The number of fused-ring (bicyclic) bond motifs is 1. The van der Waals surface area contributed by atoms with Crippen molar-refractivity contribution < 1.29 is 0 Å². The third-order valence-corrected chi connectivity index (χ3v) is 3.47. The van der Waals surface area contributed by atoms with Crippen molar-refractivity contribution in [1.29, 1.82) is 0 Å². The Morgan fingerprint density at radius 1 is 1.18 bits per heavy atom. The van der Waals surface area contributed by atoms with Gasteiger partial charge in [0.25, 0.3) is 0 Å². The summed E-state index contributed by atoms with van der Waals surface area (Å²) in [4.78, 5) is 6.87. The molecule has 3 rings (SSSR count). The van der Waals surface area contributed by atoms with Crippen molar-refractivity contribution in [3.8, 4) is 0 Å². The number of nitrogens with zero attached hydrogens (tertiary/aromatic N) is 2. The first-order valence-corrected chi connectivity index (χ1v) is 6.21. The van der Waals surface area contributed by atoms with Gasteiger partial charge in [0, 0.05) is 36.9 Å². The summed E-state index contributed by atoms with van der Waals surface area (Å²) in [5.41, 5.74) is 9.25. The van der Waals surface area contributed by atoms with Crippen LogP contribution in [0.1, 0.15) is 18.4 Å². The van der Waals surface area contributed by atoms with Crippen molar-refractivity contribution in [3.05, 3.63) is 36.0 Å². The van der Waals surface area contributed by atoms with Gasteiger partial charge < -0.3 is 10.6 Å². The Morgan fingerprint density at radius 3 is 2.76 bits per heavy atom. The topological polar surface area (TPSA) is 42.1 Å². The summed E-state index contributed by atoms with van der Waals surface area (Å²) in [7, 11) is 0. The van der Waals surface area contributed by atoms with Crippen molar-refractivity contribution >= 4 is 16.6 Å². The second-order valence-electron chi connectivity index (χ2n) is 4.58. The molecule has 0 atom stereocenters. The van der Waals surface area contributed by atoms with Crippen LogP contribution in [0.4, 0.5) is 5.69 Å². The Labute approximate surface area is 101 Å². The van der Waals surface area contributed by atoms with Gasteiger partial charge in [-0.3, -0.25) is 4.98 Å². The Morgan fingerprint density at radius 2 is 2.00 bits per heavy atom. The van der Waals surface area contributed by atoms with Crippen LogP contribution in [0.3, 0.4) is 0 Å². The number of benzene rings is 1. The second-order valence-corrected chi connectivity index (χ2v) is 4.58. The van der Waals surface area contributed by atoms with E-state index in [0.29, 0.717) is 6.54 Å². The lowest BCUT2D eigenvalue weighted by Crippen LogP contribution is -2.18. The quantitative estimate of drug-likeness (QED) is 0.856. The van der Waals surface area contributed by atoms with E-state index in [9.17, 15) is 0 Å². The molecule has 3 heteroatoms. The van der Waals surface area contributed by atoms with E-state index in [1.807, 2.05) is 6.20 Å². The number of hydrogen-bond acceptors (Lipinski definition) is 3. The van der Waals surface area contributed by atoms with Crippen LogP contribution >= 0.6 is 0 Å². The zero-order valence-corrected chi connectivity index (χ0v) is 9.89. The summed E-state index contributed by atoms with van der Waals surface area (Å²) in [6, 6.07) is 8.42. The fourth-order valence-electron chi connectivity index (χ4n) is 2.54. The van der Waals surface area contributed by atoms with Crippen molar-refractivity contribution in [3.63, 3.8) is 0 Å². The highest BCUT2D eigenvalue weighted by Gasteiger charge is 2.14. The fraction of sp³-hybridized carbons (Fsp3) is 0.357. The third kappa shape index (κ3) is 1.87. The third-order valence-electron chi connectivity index (χ3n) is 3.47. The molecule has 0 unspecified atom stereocenters. The molecule has 1 aromatic heterocycles. The molecule has 1 fully saturated rings. The molecule has 1 aliphatic heterocycles. The highest BCUT2D eigenvalue weighted by molar-refractivity contribution is 5.92. The molecule has 3 nitrogen and oxygen atoms in total. The molecule has 1 saturated heterocycles. The van der Waals surface area contributed by atoms with Crippen molar-refractivity contribution in [1.82, 2.24) is 4.98 Å². The molecule has 88 valence electrons. The number of pyridine rings is 1. The fourth-order valence-corrected chi connectivity index (χ4v) is 2.54. The van der Waals surface area contributed by atoms with Gasteiger partial charge in [-0.25, -0.2) is 0 Å². The van der Waals surface area contributed by atoms with E-state index in [4.69, 9.17) is 5.73 Å². The molecule has 0 bridgehead atoms. The van der Waals surface area contributed by atoms with Crippen molar-refractivity contribution in [2.45, 2.75) is 19.4 Å². The van der Waals surface area contributed by atoms with Gasteiger partial charge in [-0.1, -0.05) is 6.07 Å². The standard InChI is InChI=1S/C14H17N3/c15-10-11-3-4-13-12(9-11)14(5-6-16-13)17-7-1-2-8-17/h3-6,9H,1-2,7-8,10,15H2. The van der Waals surface area contributed by atoms with Gasteiger partial charge in [-0.05, 0) is 36.6 Å². The van der Waals surface area contributed by atoms with E-state index in [-0.39, 0.29) is 0 Å². The number of nitrogens with two attached hydrogens (primary N) is 1. The summed E-state index contributed by atoms with van der Waals surface area (Å²) in [6.07, 6.45) is 4.49. The summed E-state index contributed by atoms with van der Waals surface area (Å²) < 4.78 is 0. The lowest BCUT2D eigenvalue weighted by molar-refractivity contribution is 0.949. The monoisotopic (exact) mass is 227 g/mol. The first kappa shape index (κ1) is 10.5. The van der Waals surface area contributed by atoms with Gasteiger partial charge >= 0.3 is 0 Å². The molecule has 0 saturated carbocycles. The number of hydrogen-bond donors (Lipinski definition) is 1. The molecule has 17 heavy (non-hydrogen) atoms. The normalized spacial score (nSPS) is 15.7. The zero-order valence-electron chi connectivity index (χ0n) is 9.89. The van der Waals surface area contributed by atoms with Crippen LogP contribution in [0, 0.1) is 0 Å². The second kappa shape index (κ2) is 4.34. The van der Waals surface area contributed by atoms with Crippen LogP contribution in [-0.2, 0) is 6.54 Å². The van der Waals surface area contributed by atoms with Crippen molar-refractivity contribution in [2.24, 2.45) is 5.73 Å². The van der Waals surface area contributed by atoms with E-state index < -0.39 is 0 Å². The van der Waals surface area contributed by atoms with Crippen LogP contribution in [0.25, 0.3) is 10.9 Å². The van der Waals surface area contributed by atoms with Crippen molar-refractivity contribution in [2.75, 3.05) is 18.0 Å². The number of anilines is 1. The van der Waals surface area contributed by atoms with Gasteiger partial charge in [-0.15, -0.1) is 0 Å². The smallest absolute Gasteiger partial charge is 0.0723 e. The van der Waals surface area contributed by atoms with Crippen LogP contribution in [-0.4, -0.2) is 18.1 Å². The number of rotatable bonds is 2. The zero-order chi connectivity index (χ0) is 11.7. The average Bonchev–Trinajstić information content (AvgIpc) is 2.91. The van der Waals surface area contributed by atoms with Gasteiger partial charge in [0.05, 0.1) is 5.52 Å². The maximum atomic E-state index is 5.71. The summed E-state index contributed by atoms with van der Waals surface area (Å²) in [6.45, 7) is 2.90. The van der Waals surface area contributed by atoms with E-state index in [2.05, 4.69) is 34.1 Å². The first-order chi connectivity index (χ1) is 8.38. The molecule has 1 aliphatic rings. The minimum absolute atomic E-state index is 0.588. The summed E-state index contributed by atoms with van der Waals surface area (Å²) in [5.74, 6) is 0. The summed E-state index contributed by atoms with van der Waals surface area (Å²) in [5, 5.41) is 1.23. The average molecular weight is 227 g/mol. The predicted octanol–water partition coefficient (Wildman–Crippen LogP) is 2.29. The molecule has 0 amide bonds. The highest BCUT2D eigenvalue weighted by Crippen LogP contribution is 2.28. The number of aromatic nitrogens is 1. The molecule has 2 N–H and O–H groups in total. The maximum Gasteiger partial charge on any atom is 0.0723 e. The van der Waals surface area contributed by atoms with E-state index in [1.54, 1.807) is 0 Å². The molecule has 2 heterocycles. The van der Waals surface area contributed by atoms with E-state index in [0.717, 1.165) is 18.6 Å². The minimum Gasteiger partial charge on any atom is -0.371 e. The van der Waals surface area contributed by atoms with Crippen LogP contribution in [0.2, 0.25) is 0 Å². The molecule has 0 spiro atoms. The lowest BCUT2D eigenvalue weighted by Gasteiger charge is -2.19. The van der Waals surface area contributed by atoms with Gasteiger partial charge in [0.1, 0.15) is 0 Å². The van der Waals surface area contributed by atoms with E-state index >= 15 is 0 Å². The van der Waals surface area contributed by atoms with Crippen LogP contribution in [0.5, 0.6) is 0 Å². The SMILES string of the molecule is NCc1ccc2nccc(N3CCCC3)c2c1. The van der Waals surface area contributed by atoms with Gasteiger partial charge in [0.15, 0.2) is 0 Å². The van der Waals surface area contributed by atoms with Crippen LogP contribution in [0.15, 0.2) is 30.5 Å². The van der Waals surface area contributed by atoms with Crippen LogP contribution < -0.4 is 10.6 Å². The largest absolute Gasteiger partial charge is 0.371 e. The molecule has 1 aromatic carbocycles. The molecule has 0 aliphatic carbocycles. The van der Waals surface area contributed by atoms with Gasteiger partial charge in [-0.2, -0.15) is 0 Å². The molecular formula is C14H17N3. The van der Waals surface area contributed by atoms with E-state index in [1.165, 1.54) is 29.5 Å². The summed E-state index contributed by atoms with van der Waals surface area (Å²) >= 11 is 0. The Bertz CT molecular complexity index is 530. The molecular weight excluding hydrogens is 210 g/mol. The Balaban J connectivity index is 2.15. The molecule has 0 radical (unpaired) electrons. The maximum absolute atomic E-state index is 5.71. The minimum atomic E-state index is 0.588. The lowest BCUT2D eigenvalue weighted by atomic mass is 10.1. The predicted molar refractivity (Wildman–Crippen MR) is 71.1 cm³/mol. The van der Waals surface area contributed by atoms with Gasteiger partial charge in [0.2, 0.25) is 0 Å².